The Morgan fingerprint density at radius 3 is 2.18 bits per heavy atom. The van der Waals surface area contributed by atoms with Crippen LogP contribution in [0.5, 0.6) is 5.75 Å². The second-order valence-corrected chi connectivity index (χ2v) is 8.44. The van der Waals surface area contributed by atoms with E-state index < -0.39 is 0 Å². The monoisotopic (exact) mass is 457 g/mol. The minimum Gasteiger partial charge on any atom is -0.493 e. The summed E-state index contributed by atoms with van der Waals surface area (Å²) in [5.41, 5.74) is 3.41. The number of carbonyl (C=O) groups excluding carboxylic acids is 2. The highest BCUT2D eigenvalue weighted by atomic mass is 16.5. The molecule has 3 aromatic carbocycles. The first-order chi connectivity index (χ1) is 16.7. The maximum absolute atomic E-state index is 12.6. The van der Waals surface area contributed by atoms with Crippen LogP contribution in [0.25, 0.3) is 0 Å². The van der Waals surface area contributed by atoms with Crippen LogP contribution in [0.1, 0.15) is 35.2 Å². The first-order valence-corrected chi connectivity index (χ1v) is 11.9. The quantitative estimate of drug-likeness (QED) is 0.475. The zero-order valence-corrected chi connectivity index (χ0v) is 19.3. The smallest absolute Gasteiger partial charge is 0.253 e. The van der Waals surface area contributed by atoms with Gasteiger partial charge in [0.15, 0.2) is 0 Å². The molecule has 6 heteroatoms. The van der Waals surface area contributed by atoms with Gasteiger partial charge in [-0.25, -0.2) is 0 Å². The standard InChI is InChI=1S/C28H31N3O3/c32-27(30-25-11-9-23(10-12-25)28(33)31-18-5-2-6-19-31)21-29-24-13-15-26(16-14-24)34-20-17-22-7-3-1-4-8-22/h1,3-4,7-16,29H,2,5-6,17-21H2,(H,30,32). The molecule has 0 aromatic heterocycles. The van der Waals surface area contributed by atoms with Crippen molar-refractivity contribution in [3.05, 3.63) is 90.0 Å². The molecule has 3 aromatic rings. The van der Waals surface area contributed by atoms with Gasteiger partial charge in [0.1, 0.15) is 5.75 Å². The average molecular weight is 458 g/mol. The van der Waals surface area contributed by atoms with Crippen LogP contribution in [0.15, 0.2) is 78.9 Å². The van der Waals surface area contributed by atoms with Gasteiger partial charge in [-0.05, 0) is 73.4 Å². The van der Waals surface area contributed by atoms with Crippen LogP contribution in [0.3, 0.4) is 0 Å². The van der Waals surface area contributed by atoms with E-state index >= 15 is 0 Å². The molecule has 4 rings (SSSR count). The van der Waals surface area contributed by atoms with Gasteiger partial charge in [-0.1, -0.05) is 30.3 Å². The molecule has 0 spiro atoms. The number of hydrogen-bond acceptors (Lipinski definition) is 4. The van der Waals surface area contributed by atoms with Gasteiger partial charge in [0.2, 0.25) is 5.91 Å². The number of nitrogens with zero attached hydrogens (tertiary/aromatic N) is 1. The second-order valence-electron chi connectivity index (χ2n) is 8.44. The summed E-state index contributed by atoms with van der Waals surface area (Å²) in [5.74, 6) is 0.704. The van der Waals surface area contributed by atoms with Crippen LogP contribution in [0, 0.1) is 0 Å². The minimum atomic E-state index is -0.154. The maximum Gasteiger partial charge on any atom is 0.253 e. The van der Waals surface area contributed by atoms with Crippen molar-refractivity contribution < 1.29 is 14.3 Å². The summed E-state index contributed by atoms with van der Waals surface area (Å²) in [6.45, 7) is 2.40. The van der Waals surface area contributed by atoms with E-state index in [0.29, 0.717) is 17.9 Å². The van der Waals surface area contributed by atoms with E-state index in [1.165, 1.54) is 12.0 Å². The predicted octanol–water partition coefficient (Wildman–Crippen LogP) is 4.98. The Kier molecular flexibility index (Phi) is 8.17. The maximum atomic E-state index is 12.6. The molecule has 1 heterocycles. The predicted molar refractivity (Wildman–Crippen MR) is 135 cm³/mol. The SMILES string of the molecule is O=C(CNc1ccc(OCCc2ccccc2)cc1)Nc1ccc(C(=O)N2CCCCC2)cc1. The van der Waals surface area contributed by atoms with Crippen molar-refractivity contribution >= 4 is 23.2 Å². The number of amides is 2. The van der Waals surface area contributed by atoms with E-state index in [9.17, 15) is 9.59 Å². The Morgan fingerprint density at radius 2 is 1.47 bits per heavy atom. The Bertz CT molecular complexity index is 1060. The van der Waals surface area contributed by atoms with Crippen LogP contribution >= 0.6 is 0 Å². The van der Waals surface area contributed by atoms with Crippen molar-refractivity contribution in [3.63, 3.8) is 0 Å². The number of carbonyl (C=O) groups is 2. The van der Waals surface area contributed by atoms with Crippen molar-refractivity contribution in [1.29, 1.82) is 0 Å². The number of likely N-dealkylation sites (tertiary alicyclic amines) is 1. The van der Waals surface area contributed by atoms with E-state index in [4.69, 9.17) is 4.74 Å². The van der Waals surface area contributed by atoms with Crippen molar-refractivity contribution in [2.45, 2.75) is 25.7 Å². The molecule has 2 amide bonds. The van der Waals surface area contributed by atoms with Crippen LogP contribution < -0.4 is 15.4 Å². The molecule has 1 aliphatic rings. The van der Waals surface area contributed by atoms with Crippen molar-refractivity contribution in [2.75, 3.05) is 36.9 Å². The molecule has 0 saturated carbocycles. The van der Waals surface area contributed by atoms with E-state index in [-0.39, 0.29) is 18.4 Å². The van der Waals surface area contributed by atoms with Gasteiger partial charge in [0.05, 0.1) is 13.2 Å². The van der Waals surface area contributed by atoms with Gasteiger partial charge in [0.25, 0.3) is 5.91 Å². The summed E-state index contributed by atoms with van der Waals surface area (Å²) in [6.07, 6.45) is 4.18. The molecule has 34 heavy (non-hydrogen) atoms. The van der Waals surface area contributed by atoms with Crippen molar-refractivity contribution in [2.24, 2.45) is 0 Å². The Balaban J connectivity index is 1.19. The summed E-state index contributed by atoms with van der Waals surface area (Å²) < 4.78 is 5.80. The molecule has 2 N–H and O–H groups in total. The molecular formula is C28H31N3O3. The van der Waals surface area contributed by atoms with Gasteiger partial charge in [-0.2, -0.15) is 0 Å². The third-order valence-electron chi connectivity index (χ3n) is 5.87. The van der Waals surface area contributed by atoms with Gasteiger partial charge in [-0.15, -0.1) is 0 Å². The highest BCUT2D eigenvalue weighted by Gasteiger charge is 2.18. The Morgan fingerprint density at radius 1 is 0.794 bits per heavy atom. The number of rotatable bonds is 9. The molecule has 1 saturated heterocycles. The van der Waals surface area contributed by atoms with Gasteiger partial charge in [0, 0.05) is 36.4 Å². The molecular weight excluding hydrogens is 426 g/mol. The zero-order chi connectivity index (χ0) is 23.6. The minimum absolute atomic E-state index is 0.0618. The summed E-state index contributed by atoms with van der Waals surface area (Å²) in [5, 5.41) is 5.98. The molecule has 1 aliphatic heterocycles. The van der Waals surface area contributed by atoms with Crippen molar-refractivity contribution in [1.82, 2.24) is 4.90 Å². The molecule has 0 aliphatic carbocycles. The van der Waals surface area contributed by atoms with Crippen LogP contribution in [0.4, 0.5) is 11.4 Å². The molecule has 6 nitrogen and oxygen atoms in total. The lowest BCUT2D eigenvalue weighted by molar-refractivity contribution is -0.114. The van der Waals surface area contributed by atoms with Crippen LogP contribution in [-0.4, -0.2) is 43.0 Å². The fourth-order valence-corrected chi connectivity index (χ4v) is 3.96. The summed E-state index contributed by atoms with van der Waals surface area (Å²) in [4.78, 5) is 26.8. The largest absolute Gasteiger partial charge is 0.493 e. The normalized spacial score (nSPS) is 13.2. The lowest BCUT2D eigenvalue weighted by atomic mass is 10.1. The van der Waals surface area contributed by atoms with Gasteiger partial charge < -0.3 is 20.3 Å². The first-order valence-electron chi connectivity index (χ1n) is 11.9. The fourth-order valence-electron chi connectivity index (χ4n) is 3.96. The summed E-state index contributed by atoms with van der Waals surface area (Å²) >= 11 is 0. The molecule has 0 radical (unpaired) electrons. The third-order valence-corrected chi connectivity index (χ3v) is 5.87. The number of ether oxygens (including phenoxy) is 1. The summed E-state index contributed by atoms with van der Waals surface area (Å²) in [7, 11) is 0. The highest BCUT2D eigenvalue weighted by Crippen LogP contribution is 2.17. The average Bonchev–Trinajstić information content (AvgIpc) is 2.89. The van der Waals surface area contributed by atoms with Crippen LogP contribution in [0.2, 0.25) is 0 Å². The summed E-state index contributed by atoms with van der Waals surface area (Å²) in [6, 6.07) is 24.9. The molecule has 176 valence electrons. The fraction of sp³-hybridized carbons (Fsp3) is 0.286. The van der Waals surface area contributed by atoms with Gasteiger partial charge >= 0.3 is 0 Å². The van der Waals surface area contributed by atoms with E-state index in [2.05, 4.69) is 22.8 Å². The number of benzene rings is 3. The number of nitrogens with one attached hydrogen (secondary N) is 2. The van der Waals surface area contributed by atoms with E-state index in [1.54, 1.807) is 24.3 Å². The Hall–Kier alpha value is -3.80. The van der Waals surface area contributed by atoms with Crippen LogP contribution in [-0.2, 0) is 11.2 Å². The lowest BCUT2D eigenvalue weighted by Crippen LogP contribution is -2.35. The first kappa shape index (κ1) is 23.4. The van der Waals surface area contributed by atoms with Crippen molar-refractivity contribution in [3.8, 4) is 5.75 Å². The lowest BCUT2D eigenvalue weighted by Gasteiger charge is -2.26. The molecule has 0 unspecified atom stereocenters. The second kappa shape index (κ2) is 11.9. The molecule has 1 fully saturated rings. The topological polar surface area (TPSA) is 70.7 Å². The van der Waals surface area contributed by atoms with Gasteiger partial charge in [-0.3, -0.25) is 9.59 Å². The highest BCUT2D eigenvalue weighted by molar-refractivity contribution is 5.96. The Labute approximate surface area is 200 Å². The number of anilines is 2. The number of piperidine rings is 1. The zero-order valence-electron chi connectivity index (χ0n) is 19.3. The van der Waals surface area contributed by atoms with E-state index in [0.717, 1.165) is 43.8 Å². The molecule has 0 atom stereocenters. The molecule has 0 bridgehead atoms. The number of hydrogen-bond donors (Lipinski definition) is 2. The third kappa shape index (κ3) is 6.85. The van der Waals surface area contributed by atoms with E-state index in [1.807, 2.05) is 47.4 Å².